The van der Waals surface area contributed by atoms with E-state index in [1.807, 2.05) is 0 Å². The SMILES string of the molecule is CC(=O)N([C@@H](S)C(=O)O)C(C)(C)C. The quantitative estimate of drug-likeness (QED) is 0.522. The third-order valence-electron chi connectivity index (χ3n) is 1.53. The summed E-state index contributed by atoms with van der Waals surface area (Å²) in [4.78, 5) is 23.0. The minimum atomic E-state index is -1.12. The number of carboxylic acid groups (broad SMARTS) is 1. The Kier molecular flexibility index (Phi) is 3.78. The van der Waals surface area contributed by atoms with Crippen molar-refractivity contribution in [3.63, 3.8) is 0 Å². The largest absolute Gasteiger partial charge is 0.479 e. The van der Waals surface area contributed by atoms with Crippen LogP contribution in [0.3, 0.4) is 0 Å². The minimum absolute atomic E-state index is 0.296. The summed E-state index contributed by atoms with van der Waals surface area (Å²) in [6, 6.07) is 0. The molecule has 0 aliphatic carbocycles. The molecule has 0 radical (unpaired) electrons. The molecule has 0 aromatic heterocycles. The van der Waals surface area contributed by atoms with Crippen LogP contribution in [0, 0.1) is 0 Å². The van der Waals surface area contributed by atoms with Crippen LogP contribution in [0.4, 0.5) is 0 Å². The predicted molar refractivity (Wildman–Crippen MR) is 52.7 cm³/mol. The summed E-state index contributed by atoms with van der Waals surface area (Å²) < 4.78 is 0. The molecule has 0 spiro atoms. The van der Waals surface area contributed by atoms with Crippen molar-refractivity contribution in [1.82, 2.24) is 4.90 Å². The Labute approximate surface area is 83.3 Å². The first kappa shape index (κ1) is 12.3. The number of hydrogen-bond acceptors (Lipinski definition) is 3. The van der Waals surface area contributed by atoms with Crippen LogP contribution < -0.4 is 0 Å². The maximum atomic E-state index is 11.2. The Morgan fingerprint density at radius 1 is 1.38 bits per heavy atom. The van der Waals surface area contributed by atoms with Crippen LogP contribution in [0.5, 0.6) is 0 Å². The fraction of sp³-hybridized carbons (Fsp3) is 0.750. The van der Waals surface area contributed by atoms with E-state index >= 15 is 0 Å². The van der Waals surface area contributed by atoms with Gasteiger partial charge in [0.25, 0.3) is 0 Å². The van der Waals surface area contributed by atoms with Crippen molar-refractivity contribution in [1.29, 1.82) is 0 Å². The molecule has 13 heavy (non-hydrogen) atoms. The summed E-state index contributed by atoms with van der Waals surface area (Å²) in [7, 11) is 0. The van der Waals surface area contributed by atoms with E-state index in [4.69, 9.17) is 5.11 Å². The molecule has 0 fully saturated rings. The monoisotopic (exact) mass is 205 g/mol. The first-order valence-electron chi connectivity index (χ1n) is 3.88. The first-order chi connectivity index (χ1) is 5.68. The van der Waals surface area contributed by atoms with E-state index in [9.17, 15) is 9.59 Å². The maximum absolute atomic E-state index is 11.2. The van der Waals surface area contributed by atoms with Gasteiger partial charge in [-0.1, -0.05) is 0 Å². The zero-order valence-electron chi connectivity index (χ0n) is 8.24. The molecule has 0 aromatic carbocycles. The molecule has 0 aliphatic rings. The highest BCUT2D eigenvalue weighted by Crippen LogP contribution is 2.19. The molecular weight excluding hydrogens is 190 g/mol. The third kappa shape index (κ3) is 3.26. The second-order valence-electron chi connectivity index (χ2n) is 3.77. The van der Waals surface area contributed by atoms with Crippen molar-refractivity contribution < 1.29 is 14.7 Å². The molecule has 76 valence electrons. The van der Waals surface area contributed by atoms with Gasteiger partial charge in [0.1, 0.15) is 0 Å². The second kappa shape index (κ2) is 4.00. The van der Waals surface area contributed by atoms with Crippen molar-refractivity contribution >= 4 is 24.5 Å². The zero-order chi connectivity index (χ0) is 10.8. The molecule has 0 saturated heterocycles. The van der Waals surface area contributed by atoms with Gasteiger partial charge in [0.05, 0.1) is 0 Å². The molecule has 1 atom stereocenters. The lowest BCUT2D eigenvalue weighted by Crippen LogP contribution is -2.51. The van der Waals surface area contributed by atoms with E-state index in [1.165, 1.54) is 11.8 Å². The molecule has 0 heterocycles. The van der Waals surface area contributed by atoms with Gasteiger partial charge in [-0.05, 0) is 20.8 Å². The van der Waals surface area contributed by atoms with E-state index in [2.05, 4.69) is 12.6 Å². The van der Waals surface area contributed by atoms with Gasteiger partial charge < -0.3 is 10.0 Å². The lowest BCUT2D eigenvalue weighted by atomic mass is 10.1. The average Bonchev–Trinajstić information content (AvgIpc) is 1.82. The van der Waals surface area contributed by atoms with Crippen LogP contribution in [0.15, 0.2) is 0 Å². The Balaban J connectivity index is 4.83. The zero-order valence-corrected chi connectivity index (χ0v) is 9.13. The number of carbonyl (C=O) groups excluding carboxylic acids is 1. The van der Waals surface area contributed by atoms with Gasteiger partial charge in [0.15, 0.2) is 5.37 Å². The number of rotatable bonds is 2. The van der Waals surface area contributed by atoms with Crippen LogP contribution in [-0.4, -0.2) is 32.8 Å². The van der Waals surface area contributed by atoms with Gasteiger partial charge in [-0.15, -0.1) is 12.6 Å². The average molecular weight is 205 g/mol. The lowest BCUT2D eigenvalue weighted by Gasteiger charge is -2.37. The number of carbonyl (C=O) groups is 2. The normalized spacial score (nSPS) is 13.6. The van der Waals surface area contributed by atoms with Crippen LogP contribution in [0.2, 0.25) is 0 Å². The van der Waals surface area contributed by atoms with E-state index in [-0.39, 0.29) is 5.91 Å². The van der Waals surface area contributed by atoms with E-state index in [0.717, 1.165) is 0 Å². The summed E-state index contributed by atoms with van der Waals surface area (Å²) in [5, 5.41) is 7.61. The number of amides is 1. The smallest absolute Gasteiger partial charge is 0.336 e. The predicted octanol–water partition coefficient (Wildman–Crippen LogP) is 0.974. The summed E-state index contributed by atoms with van der Waals surface area (Å²) in [5.41, 5.74) is -0.531. The molecule has 0 unspecified atom stereocenters. The highest BCUT2D eigenvalue weighted by Gasteiger charge is 2.32. The Morgan fingerprint density at radius 2 is 1.77 bits per heavy atom. The Bertz CT molecular complexity index is 222. The fourth-order valence-electron chi connectivity index (χ4n) is 1.12. The lowest BCUT2D eigenvalue weighted by molar-refractivity contribution is -0.149. The van der Waals surface area contributed by atoms with Gasteiger partial charge in [-0.3, -0.25) is 4.79 Å². The van der Waals surface area contributed by atoms with Gasteiger partial charge in [-0.2, -0.15) is 0 Å². The summed E-state index contributed by atoms with van der Waals surface area (Å²) >= 11 is 3.86. The Morgan fingerprint density at radius 3 is 1.85 bits per heavy atom. The standard InChI is InChI=1S/C8H15NO3S/c1-5(10)9(8(2,3)4)6(13)7(11)12/h6,13H,1-4H3,(H,11,12)/t6-/m0/s1. The van der Waals surface area contributed by atoms with E-state index in [1.54, 1.807) is 20.8 Å². The third-order valence-corrected chi connectivity index (χ3v) is 1.98. The van der Waals surface area contributed by atoms with Crippen LogP contribution >= 0.6 is 12.6 Å². The number of hydrogen-bond donors (Lipinski definition) is 2. The first-order valence-corrected chi connectivity index (χ1v) is 4.40. The summed E-state index contributed by atoms with van der Waals surface area (Å²) in [6.45, 7) is 6.62. The van der Waals surface area contributed by atoms with Crippen LogP contribution in [0.1, 0.15) is 27.7 Å². The topological polar surface area (TPSA) is 57.6 Å². The van der Waals surface area contributed by atoms with Gasteiger partial charge in [0.2, 0.25) is 5.91 Å². The van der Waals surface area contributed by atoms with Crippen molar-refractivity contribution in [3.8, 4) is 0 Å². The second-order valence-corrected chi connectivity index (χ2v) is 4.26. The molecule has 0 rings (SSSR count). The molecule has 0 bridgehead atoms. The molecule has 1 N–H and O–H groups in total. The van der Waals surface area contributed by atoms with Crippen molar-refractivity contribution in [2.75, 3.05) is 0 Å². The van der Waals surface area contributed by atoms with E-state index < -0.39 is 16.9 Å². The van der Waals surface area contributed by atoms with Crippen LogP contribution in [-0.2, 0) is 9.59 Å². The van der Waals surface area contributed by atoms with Crippen molar-refractivity contribution in [2.24, 2.45) is 0 Å². The molecule has 0 aliphatic heterocycles. The maximum Gasteiger partial charge on any atom is 0.336 e. The van der Waals surface area contributed by atoms with Gasteiger partial charge >= 0.3 is 5.97 Å². The minimum Gasteiger partial charge on any atom is -0.479 e. The summed E-state index contributed by atoms with van der Waals surface area (Å²) in [5.74, 6) is -1.41. The van der Waals surface area contributed by atoms with Crippen LogP contribution in [0.25, 0.3) is 0 Å². The van der Waals surface area contributed by atoms with Crippen molar-refractivity contribution in [3.05, 3.63) is 0 Å². The highest BCUT2D eigenvalue weighted by molar-refractivity contribution is 7.81. The Hall–Kier alpha value is -0.710. The van der Waals surface area contributed by atoms with Crippen molar-refractivity contribution in [2.45, 2.75) is 38.6 Å². The van der Waals surface area contributed by atoms with E-state index in [0.29, 0.717) is 0 Å². The number of aliphatic carboxylic acids is 1. The van der Waals surface area contributed by atoms with Gasteiger partial charge in [0, 0.05) is 12.5 Å². The molecule has 1 amide bonds. The highest BCUT2D eigenvalue weighted by atomic mass is 32.1. The molecule has 0 aromatic rings. The number of carboxylic acids is 1. The summed E-state index contributed by atoms with van der Waals surface area (Å²) in [6.07, 6.45) is 0. The fourth-order valence-corrected chi connectivity index (χ4v) is 1.63. The molecule has 4 nitrogen and oxygen atoms in total. The molecule has 0 saturated carbocycles. The number of thiol groups is 1. The number of nitrogens with zero attached hydrogens (tertiary/aromatic N) is 1. The molecule has 5 heteroatoms. The molecular formula is C8H15NO3S. The van der Waals surface area contributed by atoms with Gasteiger partial charge in [-0.25, -0.2) is 4.79 Å².